The van der Waals surface area contributed by atoms with E-state index in [0.717, 1.165) is 13.1 Å². The highest BCUT2D eigenvalue weighted by Crippen LogP contribution is 2.15. The fourth-order valence-corrected chi connectivity index (χ4v) is 1.97. The van der Waals surface area contributed by atoms with Gasteiger partial charge in [-0.1, -0.05) is 23.8 Å². The van der Waals surface area contributed by atoms with Crippen molar-refractivity contribution in [1.82, 2.24) is 4.90 Å². The zero-order valence-corrected chi connectivity index (χ0v) is 12.0. The Hall–Kier alpha value is -1.35. The Kier molecular flexibility index (Phi) is 5.35. The summed E-state index contributed by atoms with van der Waals surface area (Å²) in [7, 11) is 0. The van der Waals surface area contributed by atoms with Crippen LogP contribution in [0.15, 0.2) is 18.2 Å². The number of nitrogens with two attached hydrogens (primary N) is 1. The molecule has 3 N–H and O–H groups in total. The van der Waals surface area contributed by atoms with Crippen LogP contribution in [0, 0.1) is 19.3 Å². The number of benzene rings is 1. The average molecular weight is 247 g/mol. The molecule has 0 aliphatic rings. The highest BCUT2D eigenvalue weighted by atomic mass is 15.1. The van der Waals surface area contributed by atoms with Crippen molar-refractivity contribution in [2.24, 2.45) is 5.73 Å². The van der Waals surface area contributed by atoms with Crippen molar-refractivity contribution in [3.63, 3.8) is 0 Å². The number of nitrogens with one attached hydrogen (secondary N) is 1. The molecule has 0 fully saturated rings. The fourth-order valence-electron chi connectivity index (χ4n) is 1.97. The molecule has 1 aromatic carbocycles. The fraction of sp³-hybridized carbons (Fsp3) is 0.533. The molecule has 3 nitrogen and oxygen atoms in total. The third kappa shape index (κ3) is 4.49. The van der Waals surface area contributed by atoms with Gasteiger partial charge in [-0.3, -0.25) is 10.3 Å². The first kappa shape index (κ1) is 14.7. The normalized spacial score (nSPS) is 11.2. The molecule has 0 aliphatic carbocycles. The molecular weight excluding hydrogens is 222 g/mol. The maximum absolute atomic E-state index is 7.34. The van der Waals surface area contributed by atoms with Gasteiger partial charge in [0.2, 0.25) is 0 Å². The van der Waals surface area contributed by atoms with E-state index >= 15 is 0 Å². The Morgan fingerprint density at radius 2 is 2.00 bits per heavy atom. The van der Waals surface area contributed by atoms with Crippen LogP contribution in [0.5, 0.6) is 0 Å². The van der Waals surface area contributed by atoms with Gasteiger partial charge in [-0.25, -0.2) is 0 Å². The minimum absolute atomic E-state index is 0.265. The Bertz CT molecular complexity index is 410. The predicted octanol–water partition coefficient (Wildman–Crippen LogP) is 2.84. The first-order valence-corrected chi connectivity index (χ1v) is 6.53. The van der Waals surface area contributed by atoms with Gasteiger partial charge in [0.15, 0.2) is 0 Å². The summed E-state index contributed by atoms with van der Waals surface area (Å²) in [5.41, 5.74) is 9.44. The van der Waals surface area contributed by atoms with Crippen LogP contribution in [0.4, 0.5) is 0 Å². The van der Waals surface area contributed by atoms with Crippen molar-refractivity contribution < 1.29 is 0 Å². The summed E-state index contributed by atoms with van der Waals surface area (Å²) in [6.45, 7) is 10.4. The standard InChI is InChI=1S/C15H25N3/c1-11(2)18(8-7-15(16)17)10-14-9-12(3)5-6-13(14)4/h5-6,9,11H,7-8,10H2,1-4H3,(H3,16,17). The smallest absolute Gasteiger partial charge is 0.0918 e. The Labute approximate surface area is 111 Å². The molecule has 0 aliphatic heterocycles. The van der Waals surface area contributed by atoms with Crippen molar-refractivity contribution in [1.29, 1.82) is 5.41 Å². The van der Waals surface area contributed by atoms with E-state index in [1.807, 2.05) is 0 Å². The third-order valence-corrected chi connectivity index (χ3v) is 3.28. The lowest BCUT2D eigenvalue weighted by molar-refractivity contribution is 0.218. The summed E-state index contributed by atoms with van der Waals surface area (Å²) in [4.78, 5) is 2.36. The summed E-state index contributed by atoms with van der Waals surface area (Å²) in [6, 6.07) is 7.03. The van der Waals surface area contributed by atoms with E-state index in [-0.39, 0.29) is 5.84 Å². The molecule has 0 spiro atoms. The second-order valence-electron chi connectivity index (χ2n) is 5.27. The van der Waals surface area contributed by atoms with Crippen LogP contribution in [0.1, 0.15) is 37.0 Å². The van der Waals surface area contributed by atoms with Gasteiger partial charge in [0, 0.05) is 25.6 Å². The maximum Gasteiger partial charge on any atom is 0.0918 e. The van der Waals surface area contributed by atoms with Crippen molar-refractivity contribution in [3.05, 3.63) is 34.9 Å². The Morgan fingerprint density at radius 1 is 1.33 bits per heavy atom. The largest absolute Gasteiger partial charge is 0.388 e. The number of aryl methyl sites for hydroxylation is 2. The van der Waals surface area contributed by atoms with Gasteiger partial charge in [-0.2, -0.15) is 0 Å². The van der Waals surface area contributed by atoms with E-state index in [1.165, 1.54) is 16.7 Å². The first-order chi connectivity index (χ1) is 8.40. The summed E-state index contributed by atoms with van der Waals surface area (Å²) in [6.07, 6.45) is 0.642. The minimum Gasteiger partial charge on any atom is -0.388 e. The monoisotopic (exact) mass is 247 g/mol. The lowest BCUT2D eigenvalue weighted by Gasteiger charge is -2.27. The van der Waals surface area contributed by atoms with Crippen LogP contribution >= 0.6 is 0 Å². The van der Waals surface area contributed by atoms with Gasteiger partial charge >= 0.3 is 0 Å². The van der Waals surface area contributed by atoms with E-state index in [4.69, 9.17) is 11.1 Å². The number of amidine groups is 1. The molecular formula is C15H25N3. The molecule has 0 saturated heterocycles. The molecule has 1 aromatic rings. The number of nitrogens with zero attached hydrogens (tertiary/aromatic N) is 1. The van der Waals surface area contributed by atoms with Crippen LogP contribution in [0.3, 0.4) is 0 Å². The molecule has 0 radical (unpaired) electrons. The van der Waals surface area contributed by atoms with Gasteiger partial charge in [0.1, 0.15) is 0 Å². The van der Waals surface area contributed by atoms with Gasteiger partial charge in [0.25, 0.3) is 0 Å². The summed E-state index contributed by atoms with van der Waals surface area (Å²) in [5, 5.41) is 7.34. The van der Waals surface area contributed by atoms with Crippen LogP contribution < -0.4 is 5.73 Å². The molecule has 0 saturated carbocycles. The van der Waals surface area contributed by atoms with E-state index in [2.05, 4.69) is 50.8 Å². The molecule has 1 rings (SSSR count). The van der Waals surface area contributed by atoms with Gasteiger partial charge in [-0.05, 0) is 38.8 Å². The summed E-state index contributed by atoms with van der Waals surface area (Å²) in [5.74, 6) is 0.265. The number of rotatable bonds is 6. The minimum atomic E-state index is 0.265. The molecule has 3 heteroatoms. The van der Waals surface area contributed by atoms with Gasteiger partial charge in [-0.15, -0.1) is 0 Å². The van der Waals surface area contributed by atoms with Crippen LogP contribution in [0.2, 0.25) is 0 Å². The first-order valence-electron chi connectivity index (χ1n) is 6.53. The van der Waals surface area contributed by atoms with E-state index in [0.29, 0.717) is 12.5 Å². The van der Waals surface area contributed by atoms with Gasteiger partial charge in [0.05, 0.1) is 5.84 Å². The second kappa shape index (κ2) is 6.55. The molecule has 100 valence electrons. The van der Waals surface area contributed by atoms with E-state index < -0.39 is 0 Å². The molecule has 0 amide bonds. The van der Waals surface area contributed by atoms with E-state index in [1.54, 1.807) is 0 Å². The van der Waals surface area contributed by atoms with Crippen LogP contribution in [-0.4, -0.2) is 23.3 Å². The van der Waals surface area contributed by atoms with Crippen LogP contribution in [-0.2, 0) is 6.54 Å². The zero-order valence-electron chi connectivity index (χ0n) is 12.0. The quantitative estimate of drug-likeness (QED) is 0.600. The molecule has 0 atom stereocenters. The maximum atomic E-state index is 7.34. The molecule has 0 bridgehead atoms. The van der Waals surface area contributed by atoms with Crippen molar-refractivity contribution in [2.45, 2.75) is 46.7 Å². The third-order valence-electron chi connectivity index (χ3n) is 3.28. The van der Waals surface area contributed by atoms with E-state index in [9.17, 15) is 0 Å². The molecule has 0 unspecified atom stereocenters. The Morgan fingerprint density at radius 3 is 2.56 bits per heavy atom. The predicted molar refractivity (Wildman–Crippen MR) is 78.0 cm³/mol. The van der Waals surface area contributed by atoms with Crippen molar-refractivity contribution in [3.8, 4) is 0 Å². The number of hydrogen-bond acceptors (Lipinski definition) is 2. The SMILES string of the molecule is Cc1ccc(C)c(CN(CCC(=N)N)C(C)C)c1. The molecule has 18 heavy (non-hydrogen) atoms. The second-order valence-corrected chi connectivity index (χ2v) is 5.27. The lowest BCUT2D eigenvalue weighted by atomic mass is 10.0. The Balaban J connectivity index is 2.76. The number of hydrogen-bond donors (Lipinski definition) is 2. The van der Waals surface area contributed by atoms with Crippen molar-refractivity contribution in [2.75, 3.05) is 6.54 Å². The average Bonchev–Trinajstić information content (AvgIpc) is 2.28. The zero-order chi connectivity index (χ0) is 13.7. The molecule has 0 aromatic heterocycles. The van der Waals surface area contributed by atoms with Crippen LogP contribution in [0.25, 0.3) is 0 Å². The van der Waals surface area contributed by atoms with Gasteiger partial charge < -0.3 is 5.73 Å². The topological polar surface area (TPSA) is 53.1 Å². The highest BCUT2D eigenvalue weighted by Gasteiger charge is 2.11. The summed E-state index contributed by atoms with van der Waals surface area (Å²) < 4.78 is 0. The van der Waals surface area contributed by atoms with Crippen molar-refractivity contribution >= 4 is 5.84 Å². The summed E-state index contributed by atoms with van der Waals surface area (Å²) >= 11 is 0. The molecule has 0 heterocycles. The highest BCUT2D eigenvalue weighted by molar-refractivity contribution is 5.76. The lowest BCUT2D eigenvalue weighted by Crippen LogP contribution is -2.33.